The second kappa shape index (κ2) is 5.79. The fourth-order valence-electron chi connectivity index (χ4n) is 1.55. The Morgan fingerprint density at radius 2 is 2.00 bits per heavy atom. The summed E-state index contributed by atoms with van der Waals surface area (Å²) >= 11 is 3.13. The van der Waals surface area contributed by atoms with Crippen LogP contribution in [0.4, 0.5) is 10.1 Å². The topological polar surface area (TPSA) is 79.3 Å². The van der Waals surface area contributed by atoms with Crippen molar-refractivity contribution < 1.29 is 19.1 Å². The Kier molecular flexibility index (Phi) is 4.09. The molecule has 2 N–H and O–H groups in total. The van der Waals surface area contributed by atoms with Gasteiger partial charge in [0.15, 0.2) is 0 Å². The molecule has 5 nitrogen and oxygen atoms in total. The van der Waals surface area contributed by atoms with E-state index >= 15 is 0 Å². The molecule has 0 aliphatic carbocycles. The van der Waals surface area contributed by atoms with Crippen molar-refractivity contribution in [2.45, 2.75) is 0 Å². The molecule has 1 aromatic carbocycles. The number of rotatable bonds is 3. The molecule has 0 atom stereocenters. The van der Waals surface area contributed by atoms with Gasteiger partial charge in [0.25, 0.3) is 5.91 Å². The van der Waals surface area contributed by atoms with E-state index in [4.69, 9.17) is 5.11 Å². The lowest BCUT2D eigenvalue weighted by Crippen LogP contribution is -2.16. The second-order valence-electron chi connectivity index (χ2n) is 3.79. The van der Waals surface area contributed by atoms with Gasteiger partial charge in [-0.3, -0.25) is 4.79 Å². The fraction of sp³-hybridized carbons (Fsp3) is 0. The molecule has 0 fully saturated rings. The third kappa shape index (κ3) is 3.00. The molecule has 0 saturated heterocycles. The number of anilines is 1. The van der Waals surface area contributed by atoms with E-state index in [2.05, 4.69) is 26.2 Å². The molecule has 0 aliphatic rings. The van der Waals surface area contributed by atoms with E-state index in [1.165, 1.54) is 24.4 Å². The van der Waals surface area contributed by atoms with Gasteiger partial charge in [-0.2, -0.15) is 0 Å². The Bertz CT molecular complexity index is 674. The molecule has 20 heavy (non-hydrogen) atoms. The van der Waals surface area contributed by atoms with E-state index < -0.39 is 23.3 Å². The van der Waals surface area contributed by atoms with Crippen LogP contribution in [0.25, 0.3) is 0 Å². The molecule has 0 aliphatic heterocycles. The second-order valence-corrected chi connectivity index (χ2v) is 4.60. The number of carboxylic acids is 1. The van der Waals surface area contributed by atoms with Crippen molar-refractivity contribution in [3.63, 3.8) is 0 Å². The van der Waals surface area contributed by atoms with Crippen LogP contribution in [0, 0.1) is 5.82 Å². The van der Waals surface area contributed by atoms with Gasteiger partial charge in [0.05, 0.1) is 11.3 Å². The molecular weight excluding hydrogens is 331 g/mol. The van der Waals surface area contributed by atoms with Crippen LogP contribution in [-0.2, 0) is 0 Å². The van der Waals surface area contributed by atoms with Crippen molar-refractivity contribution in [3.8, 4) is 0 Å². The standard InChI is InChI=1S/C13H8BrFN2O3/c14-10-5-4-7(6-16-10)12(18)17-9-3-1-2-8(15)11(9)13(19)20/h1-6H,(H,17,18)(H,19,20). The van der Waals surface area contributed by atoms with E-state index in [-0.39, 0.29) is 11.3 Å². The summed E-state index contributed by atoms with van der Waals surface area (Å²) in [6.07, 6.45) is 1.32. The van der Waals surface area contributed by atoms with Crippen molar-refractivity contribution in [2.75, 3.05) is 5.32 Å². The number of halogens is 2. The van der Waals surface area contributed by atoms with Gasteiger partial charge in [0.1, 0.15) is 16.0 Å². The number of carbonyl (C=O) groups is 2. The van der Waals surface area contributed by atoms with Gasteiger partial charge in [-0.15, -0.1) is 0 Å². The summed E-state index contributed by atoms with van der Waals surface area (Å²) in [5, 5.41) is 11.3. The average Bonchev–Trinajstić information content (AvgIpc) is 2.39. The number of nitrogens with zero attached hydrogens (tertiary/aromatic N) is 1. The zero-order valence-electron chi connectivity index (χ0n) is 9.93. The summed E-state index contributed by atoms with van der Waals surface area (Å²) in [5.41, 5.74) is -0.454. The van der Waals surface area contributed by atoms with Crippen molar-refractivity contribution in [1.29, 1.82) is 0 Å². The fourth-order valence-corrected chi connectivity index (χ4v) is 1.78. The number of nitrogens with one attached hydrogen (secondary N) is 1. The summed E-state index contributed by atoms with van der Waals surface area (Å²) in [6, 6.07) is 6.72. The third-order valence-corrected chi connectivity index (χ3v) is 2.93. The average molecular weight is 339 g/mol. The largest absolute Gasteiger partial charge is 0.478 e. The first kappa shape index (κ1) is 14.1. The van der Waals surface area contributed by atoms with Gasteiger partial charge in [0.2, 0.25) is 0 Å². The molecule has 0 radical (unpaired) electrons. The van der Waals surface area contributed by atoms with E-state index in [1.807, 2.05) is 0 Å². The molecule has 0 unspecified atom stereocenters. The maximum Gasteiger partial charge on any atom is 0.340 e. The highest BCUT2D eigenvalue weighted by molar-refractivity contribution is 9.10. The molecule has 0 bridgehead atoms. The number of aromatic carboxylic acids is 1. The monoisotopic (exact) mass is 338 g/mol. The minimum absolute atomic E-state index is 0.106. The van der Waals surface area contributed by atoms with Crippen molar-refractivity contribution in [3.05, 3.63) is 58.1 Å². The number of hydrogen-bond donors (Lipinski definition) is 2. The first-order valence-corrected chi connectivity index (χ1v) is 6.23. The van der Waals surface area contributed by atoms with Crippen LogP contribution in [0.1, 0.15) is 20.7 Å². The maximum atomic E-state index is 13.5. The van der Waals surface area contributed by atoms with Gasteiger partial charge >= 0.3 is 5.97 Å². The number of amides is 1. The zero-order chi connectivity index (χ0) is 14.7. The van der Waals surface area contributed by atoms with Crippen LogP contribution >= 0.6 is 15.9 Å². The molecule has 102 valence electrons. The van der Waals surface area contributed by atoms with Crippen LogP contribution in [0.2, 0.25) is 0 Å². The molecule has 7 heteroatoms. The predicted octanol–water partition coefficient (Wildman–Crippen LogP) is 2.93. The van der Waals surface area contributed by atoms with Gasteiger partial charge in [-0.05, 0) is 40.2 Å². The summed E-state index contributed by atoms with van der Waals surface area (Å²) in [7, 11) is 0. The molecule has 0 saturated carbocycles. The van der Waals surface area contributed by atoms with Gasteiger partial charge in [0, 0.05) is 6.20 Å². The van der Waals surface area contributed by atoms with E-state index in [0.717, 1.165) is 6.07 Å². The van der Waals surface area contributed by atoms with Gasteiger partial charge in [-0.1, -0.05) is 6.07 Å². The zero-order valence-corrected chi connectivity index (χ0v) is 11.5. The SMILES string of the molecule is O=C(Nc1cccc(F)c1C(=O)O)c1ccc(Br)nc1. The quantitative estimate of drug-likeness (QED) is 0.843. The minimum atomic E-state index is -1.45. The molecule has 1 heterocycles. The lowest BCUT2D eigenvalue weighted by Gasteiger charge is -2.09. The Morgan fingerprint density at radius 1 is 1.25 bits per heavy atom. The first-order valence-electron chi connectivity index (χ1n) is 5.44. The maximum absolute atomic E-state index is 13.5. The van der Waals surface area contributed by atoms with Crippen LogP contribution < -0.4 is 5.32 Å². The highest BCUT2D eigenvalue weighted by Crippen LogP contribution is 2.20. The summed E-state index contributed by atoms with van der Waals surface area (Å²) in [5.74, 6) is -2.94. The number of benzene rings is 1. The molecule has 2 rings (SSSR count). The van der Waals surface area contributed by atoms with Crippen molar-refractivity contribution in [1.82, 2.24) is 4.98 Å². The number of carbonyl (C=O) groups excluding carboxylic acids is 1. The number of aromatic nitrogens is 1. The van der Waals surface area contributed by atoms with Crippen LogP contribution in [0.5, 0.6) is 0 Å². The summed E-state index contributed by atoms with van der Waals surface area (Å²) < 4.78 is 14.0. The van der Waals surface area contributed by atoms with E-state index in [1.54, 1.807) is 6.07 Å². The Morgan fingerprint density at radius 3 is 2.60 bits per heavy atom. The van der Waals surface area contributed by atoms with Crippen LogP contribution in [0.15, 0.2) is 41.1 Å². The Labute approximate surface area is 121 Å². The third-order valence-electron chi connectivity index (χ3n) is 2.47. The first-order chi connectivity index (χ1) is 9.49. The highest BCUT2D eigenvalue weighted by Gasteiger charge is 2.17. The smallest absolute Gasteiger partial charge is 0.340 e. The van der Waals surface area contributed by atoms with Crippen LogP contribution in [-0.4, -0.2) is 22.0 Å². The number of hydrogen-bond acceptors (Lipinski definition) is 3. The van der Waals surface area contributed by atoms with Crippen LogP contribution in [0.3, 0.4) is 0 Å². The predicted molar refractivity (Wildman–Crippen MR) is 73.2 cm³/mol. The highest BCUT2D eigenvalue weighted by atomic mass is 79.9. The molecule has 1 aromatic heterocycles. The number of pyridine rings is 1. The number of carboxylic acid groups (broad SMARTS) is 1. The Hall–Kier alpha value is -2.28. The molecule has 0 spiro atoms. The normalized spacial score (nSPS) is 10.1. The minimum Gasteiger partial charge on any atom is -0.478 e. The van der Waals surface area contributed by atoms with Crippen molar-refractivity contribution >= 4 is 33.5 Å². The lowest BCUT2D eigenvalue weighted by molar-refractivity contribution is 0.0693. The van der Waals surface area contributed by atoms with Gasteiger partial charge < -0.3 is 10.4 Å². The van der Waals surface area contributed by atoms with Crippen molar-refractivity contribution in [2.24, 2.45) is 0 Å². The molecule has 2 aromatic rings. The van der Waals surface area contributed by atoms with Gasteiger partial charge in [-0.25, -0.2) is 14.2 Å². The molecule has 1 amide bonds. The molecular formula is C13H8BrFN2O3. The van der Waals surface area contributed by atoms with E-state index in [9.17, 15) is 14.0 Å². The van der Waals surface area contributed by atoms with E-state index in [0.29, 0.717) is 4.60 Å². The summed E-state index contributed by atoms with van der Waals surface area (Å²) in [4.78, 5) is 26.8. The lowest BCUT2D eigenvalue weighted by atomic mass is 10.1. The Balaban J connectivity index is 2.30. The summed E-state index contributed by atoms with van der Waals surface area (Å²) in [6.45, 7) is 0.